The molecule has 1 amide bonds. The average molecular weight is 366 g/mol. The van der Waals surface area contributed by atoms with Crippen LogP contribution in [-0.2, 0) is 4.79 Å². The lowest BCUT2D eigenvalue weighted by molar-refractivity contribution is -0.120. The summed E-state index contributed by atoms with van der Waals surface area (Å²) >= 11 is 0. The maximum absolute atomic E-state index is 14.4. The molecular formula is C19H19FN6O. The third-order valence-electron chi connectivity index (χ3n) is 4.62. The second-order valence-corrected chi connectivity index (χ2v) is 6.46. The van der Waals surface area contributed by atoms with Crippen LogP contribution in [0.5, 0.6) is 0 Å². The van der Waals surface area contributed by atoms with Gasteiger partial charge in [0.1, 0.15) is 5.82 Å². The molecule has 1 saturated heterocycles. The van der Waals surface area contributed by atoms with Crippen LogP contribution in [0.15, 0.2) is 55.4 Å². The Labute approximate surface area is 155 Å². The van der Waals surface area contributed by atoms with Crippen LogP contribution in [0.2, 0.25) is 0 Å². The number of imidazole rings is 1. The molecule has 27 heavy (non-hydrogen) atoms. The number of anilines is 2. The highest BCUT2D eigenvalue weighted by atomic mass is 19.1. The summed E-state index contributed by atoms with van der Waals surface area (Å²) in [4.78, 5) is 27.1. The van der Waals surface area contributed by atoms with Gasteiger partial charge in [0.15, 0.2) is 0 Å². The number of carbonyl (C=O) groups excluding carboxylic acids is 1. The molecule has 0 aliphatic carbocycles. The number of nitrogens with zero attached hydrogens (tertiary/aromatic N) is 5. The van der Waals surface area contributed by atoms with Crippen molar-refractivity contribution in [2.24, 2.45) is 5.92 Å². The van der Waals surface area contributed by atoms with Gasteiger partial charge in [-0.05, 0) is 37.1 Å². The zero-order chi connectivity index (χ0) is 18.6. The first kappa shape index (κ1) is 17.1. The van der Waals surface area contributed by atoms with Crippen LogP contribution in [0.25, 0.3) is 5.69 Å². The Morgan fingerprint density at radius 3 is 2.81 bits per heavy atom. The van der Waals surface area contributed by atoms with E-state index in [1.165, 1.54) is 12.4 Å². The Morgan fingerprint density at radius 2 is 2.07 bits per heavy atom. The van der Waals surface area contributed by atoms with Gasteiger partial charge in [-0.25, -0.2) is 19.3 Å². The number of halogens is 1. The van der Waals surface area contributed by atoms with E-state index in [0.717, 1.165) is 19.4 Å². The molecule has 0 spiro atoms. The molecule has 7 nitrogen and oxygen atoms in total. The molecular weight excluding hydrogens is 347 g/mol. The number of nitrogens with one attached hydrogen (secondary N) is 1. The predicted octanol–water partition coefficient (Wildman–Crippen LogP) is 2.66. The fourth-order valence-electron chi connectivity index (χ4n) is 3.27. The predicted molar refractivity (Wildman–Crippen MR) is 99.1 cm³/mol. The van der Waals surface area contributed by atoms with E-state index in [1.54, 1.807) is 47.6 Å². The van der Waals surface area contributed by atoms with E-state index in [1.807, 2.05) is 4.90 Å². The number of piperidine rings is 1. The number of hydrogen-bond donors (Lipinski definition) is 1. The van der Waals surface area contributed by atoms with Crippen molar-refractivity contribution in [3.63, 3.8) is 0 Å². The van der Waals surface area contributed by atoms with Gasteiger partial charge >= 0.3 is 0 Å². The maximum atomic E-state index is 14.4. The van der Waals surface area contributed by atoms with Crippen LogP contribution in [-0.4, -0.2) is 38.5 Å². The van der Waals surface area contributed by atoms with E-state index in [2.05, 4.69) is 20.3 Å². The molecule has 1 atom stereocenters. The van der Waals surface area contributed by atoms with Crippen molar-refractivity contribution in [1.82, 2.24) is 19.5 Å². The molecule has 0 radical (unpaired) electrons. The van der Waals surface area contributed by atoms with E-state index >= 15 is 0 Å². The first-order valence-electron chi connectivity index (χ1n) is 8.81. The zero-order valence-corrected chi connectivity index (χ0v) is 14.6. The van der Waals surface area contributed by atoms with E-state index < -0.39 is 5.82 Å². The highest BCUT2D eigenvalue weighted by Gasteiger charge is 2.27. The van der Waals surface area contributed by atoms with Gasteiger partial charge < -0.3 is 14.8 Å². The molecule has 0 bridgehead atoms. The molecule has 1 fully saturated rings. The van der Waals surface area contributed by atoms with Crippen LogP contribution < -0.4 is 10.2 Å². The van der Waals surface area contributed by atoms with Crippen molar-refractivity contribution in [3.05, 3.63) is 61.2 Å². The zero-order valence-electron chi connectivity index (χ0n) is 14.6. The van der Waals surface area contributed by atoms with Crippen molar-refractivity contribution in [3.8, 4) is 5.69 Å². The fraction of sp³-hybridized carbons (Fsp3) is 0.263. The molecule has 4 rings (SSSR count). The summed E-state index contributed by atoms with van der Waals surface area (Å²) in [6, 6.07) is 6.41. The van der Waals surface area contributed by atoms with Gasteiger partial charge in [-0.15, -0.1) is 0 Å². The van der Waals surface area contributed by atoms with Crippen molar-refractivity contribution in [2.45, 2.75) is 12.8 Å². The number of hydrogen-bond acceptors (Lipinski definition) is 5. The molecule has 1 unspecified atom stereocenters. The molecule has 8 heteroatoms. The molecule has 1 aliphatic rings. The topological polar surface area (TPSA) is 75.9 Å². The van der Waals surface area contributed by atoms with Crippen molar-refractivity contribution < 1.29 is 9.18 Å². The molecule has 3 aromatic rings. The standard InChI is InChI=1S/C19H19FN6O/c20-16-11-15(4-5-17(16)26-10-8-21-13-26)24-18(27)14-3-1-9-25(12-14)19-22-6-2-7-23-19/h2,4-8,10-11,13-14H,1,3,9,12H2,(H,24,27). The van der Waals surface area contributed by atoms with Crippen molar-refractivity contribution in [2.75, 3.05) is 23.3 Å². The van der Waals surface area contributed by atoms with E-state index in [9.17, 15) is 9.18 Å². The number of amides is 1. The quantitative estimate of drug-likeness (QED) is 0.768. The first-order chi connectivity index (χ1) is 13.2. The lowest BCUT2D eigenvalue weighted by atomic mass is 9.97. The van der Waals surface area contributed by atoms with Crippen LogP contribution in [0.1, 0.15) is 12.8 Å². The van der Waals surface area contributed by atoms with Crippen LogP contribution >= 0.6 is 0 Å². The molecule has 3 heterocycles. The molecule has 1 aromatic carbocycles. The minimum atomic E-state index is -0.422. The van der Waals surface area contributed by atoms with Gasteiger partial charge in [0.25, 0.3) is 0 Å². The van der Waals surface area contributed by atoms with Crippen LogP contribution in [0, 0.1) is 11.7 Å². The fourth-order valence-corrected chi connectivity index (χ4v) is 3.27. The second kappa shape index (κ2) is 7.53. The number of rotatable bonds is 4. The molecule has 2 aromatic heterocycles. The number of benzene rings is 1. The molecule has 0 saturated carbocycles. The molecule has 1 aliphatic heterocycles. The normalized spacial score (nSPS) is 16.9. The Bertz CT molecular complexity index is 915. The average Bonchev–Trinajstić information content (AvgIpc) is 3.23. The lowest BCUT2D eigenvalue weighted by Crippen LogP contribution is -2.41. The Morgan fingerprint density at radius 1 is 1.22 bits per heavy atom. The summed E-state index contributed by atoms with van der Waals surface area (Å²) in [6.07, 6.45) is 9.82. The number of aromatic nitrogens is 4. The van der Waals surface area contributed by atoms with Gasteiger partial charge in [-0.1, -0.05) is 0 Å². The SMILES string of the molecule is O=C(Nc1ccc(-n2ccnc2)c(F)c1)C1CCCN(c2ncccn2)C1. The molecule has 138 valence electrons. The minimum Gasteiger partial charge on any atom is -0.340 e. The Kier molecular flexibility index (Phi) is 4.78. The Hall–Kier alpha value is -3.29. The highest BCUT2D eigenvalue weighted by molar-refractivity contribution is 5.93. The van der Waals surface area contributed by atoms with Gasteiger partial charge in [0, 0.05) is 43.6 Å². The summed E-state index contributed by atoms with van der Waals surface area (Å²) in [7, 11) is 0. The summed E-state index contributed by atoms with van der Waals surface area (Å²) in [5, 5.41) is 2.83. The van der Waals surface area contributed by atoms with Crippen molar-refractivity contribution >= 4 is 17.5 Å². The van der Waals surface area contributed by atoms with E-state index in [-0.39, 0.29) is 11.8 Å². The maximum Gasteiger partial charge on any atom is 0.229 e. The second-order valence-electron chi connectivity index (χ2n) is 6.46. The van der Waals surface area contributed by atoms with Gasteiger partial charge in [0.2, 0.25) is 11.9 Å². The third-order valence-corrected chi connectivity index (χ3v) is 4.62. The smallest absolute Gasteiger partial charge is 0.229 e. The minimum absolute atomic E-state index is 0.120. The molecule has 1 N–H and O–H groups in total. The van der Waals surface area contributed by atoms with Gasteiger partial charge in [-0.3, -0.25) is 4.79 Å². The third kappa shape index (κ3) is 3.79. The van der Waals surface area contributed by atoms with Crippen LogP contribution in [0.3, 0.4) is 0 Å². The lowest BCUT2D eigenvalue weighted by Gasteiger charge is -2.31. The Balaban J connectivity index is 1.43. The van der Waals surface area contributed by atoms with Gasteiger partial charge in [0.05, 0.1) is 17.9 Å². The van der Waals surface area contributed by atoms with Crippen molar-refractivity contribution in [1.29, 1.82) is 0 Å². The summed E-state index contributed by atoms with van der Waals surface area (Å²) < 4.78 is 15.9. The monoisotopic (exact) mass is 366 g/mol. The first-order valence-corrected chi connectivity index (χ1v) is 8.81. The van der Waals surface area contributed by atoms with Crippen LogP contribution in [0.4, 0.5) is 16.0 Å². The van der Waals surface area contributed by atoms with Gasteiger partial charge in [-0.2, -0.15) is 0 Å². The highest BCUT2D eigenvalue weighted by Crippen LogP contribution is 2.23. The largest absolute Gasteiger partial charge is 0.340 e. The summed E-state index contributed by atoms with van der Waals surface area (Å²) in [6.45, 7) is 1.37. The number of carbonyl (C=O) groups is 1. The summed E-state index contributed by atoms with van der Waals surface area (Å²) in [5.74, 6) is -0.108. The van der Waals surface area contributed by atoms with E-state index in [4.69, 9.17) is 0 Å². The summed E-state index contributed by atoms with van der Waals surface area (Å²) in [5.41, 5.74) is 0.824. The van der Waals surface area contributed by atoms with E-state index in [0.29, 0.717) is 23.9 Å².